The highest BCUT2D eigenvalue weighted by molar-refractivity contribution is 5.92. The number of aliphatic hydroxyl groups is 1. The molecule has 0 aliphatic heterocycles. The van der Waals surface area contributed by atoms with E-state index in [2.05, 4.69) is 10.4 Å². The van der Waals surface area contributed by atoms with Crippen molar-refractivity contribution >= 4 is 5.91 Å². The quantitative estimate of drug-likeness (QED) is 0.882. The second-order valence-corrected chi connectivity index (χ2v) is 5.04. The molecule has 2 atom stereocenters. The summed E-state index contributed by atoms with van der Waals surface area (Å²) < 4.78 is 14.4. The molecule has 0 aliphatic rings. The van der Waals surface area contributed by atoms with Crippen LogP contribution >= 0.6 is 0 Å². The summed E-state index contributed by atoms with van der Waals surface area (Å²) >= 11 is 0. The lowest BCUT2D eigenvalue weighted by atomic mass is 10.1. The Labute approximate surface area is 122 Å². The minimum Gasteiger partial charge on any atom is -0.396 e. The molecule has 2 rings (SSSR count). The Morgan fingerprint density at radius 1 is 1.33 bits per heavy atom. The molecule has 2 N–H and O–H groups in total. The fourth-order valence-electron chi connectivity index (χ4n) is 1.76. The molecular weight excluding hydrogens is 273 g/mol. The van der Waals surface area contributed by atoms with Gasteiger partial charge in [0.25, 0.3) is 5.91 Å². The molecule has 2 unspecified atom stereocenters. The second kappa shape index (κ2) is 6.49. The molecule has 1 amide bonds. The summed E-state index contributed by atoms with van der Waals surface area (Å²) in [5.74, 6) is -0.660. The highest BCUT2D eigenvalue weighted by Gasteiger charge is 2.17. The number of carbonyl (C=O) groups excluding carboxylic acids is 1. The van der Waals surface area contributed by atoms with Crippen LogP contribution in [0.3, 0.4) is 0 Å². The summed E-state index contributed by atoms with van der Waals surface area (Å²) in [6.07, 6.45) is 1.64. The van der Waals surface area contributed by atoms with Gasteiger partial charge in [-0.15, -0.1) is 0 Å². The van der Waals surface area contributed by atoms with Crippen LogP contribution in [-0.2, 0) is 0 Å². The number of carbonyl (C=O) groups is 1. The van der Waals surface area contributed by atoms with E-state index in [0.29, 0.717) is 5.69 Å². The Balaban J connectivity index is 2.09. The summed E-state index contributed by atoms with van der Waals surface area (Å²) in [6.45, 7) is 3.68. The average molecular weight is 291 g/mol. The predicted molar refractivity (Wildman–Crippen MR) is 76.7 cm³/mol. The average Bonchev–Trinajstić information content (AvgIpc) is 2.97. The van der Waals surface area contributed by atoms with Crippen LogP contribution in [0.2, 0.25) is 0 Å². The van der Waals surface area contributed by atoms with Gasteiger partial charge < -0.3 is 10.4 Å². The lowest BCUT2D eigenvalue weighted by Gasteiger charge is -2.18. The lowest BCUT2D eigenvalue weighted by molar-refractivity contribution is 0.0911. The fourth-order valence-corrected chi connectivity index (χ4v) is 1.76. The number of aliphatic hydroxyl groups excluding tert-OH is 1. The Kier molecular flexibility index (Phi) is 4.70. The summed E-state index contributed by atoms with van der Waals surface area (Å²) in [4.78, 5) is 12.0. The van der Waals surface area contributed by atoms with Gasteiger partial charge in [-0.3, -0.25) is 4.79 Å². The minimum atomic E-state index is -0.323. The van der Waals surface area contributed by atoms with Gasteiger partial charge in [-0.2, -0.15) is 5.10 Å². The summed E-state index contributed by atoms with van der Waals surface area (Å²) in [6, 6.07) is 7.28. The number of rotatable bonds is 5. The van der Waals surface area contributed by atoms with E-state index >= 15 is 0 Å². The number of benzene rings is 1. The van der Waals surface area contributed by atoms with Crippen LogP contribution in [0.4, 0.5) is 4.39 Å². The van der Waals surface area contributed by atoms with Crippen LogP contribution in [0.25, 0.3) is 5.69 Å². The van der Waals surface area contributed by atoms with Gasteiger partial charge in [-0.25, -0.2) is 9.07 Å². The molecule has 1 heterocycles. The number of halogens is 1. The van der Waals surface area contributed by atoms with Gasteiger partial charge in [0, 0.05) is 18.8 Å². The van der Waals surface area contributed by atoms with E-state index < -0.39 is 0 Å². The van der Waals surface area contributed by atoms with E-state index in [1.54, 1.807) is 24.4 Å². The lowest BCUT2D eigenvalue weighted by Crippen LogP contribution is -2.38. The Hall–Kier alpha value is -2.21. The van der Waals surface area contributed by atoms with Gasteiger partial charge in [-0.1, -0.05) is 6.92 Å². The molecule has 0 spiro atoms. The Morgan fingerprint density at radius 2 is 2.00 bits per heavy atom. The Morgan fingerprint density at radius 3 is 2.62 bits per heavy atom. The first-order valence-electron chi connectivity index (χ1n) is 6.74. The normalized spacial score (nSPS) is 13.7. The fraction of sp³-hybridized carbons (Fsp3) is 0.333. The van der Waals surface area contributed by atoms with E-state index in [9.17, 15) is 9.18 Å². The largest absolute Gasteiger partial charge is 0.396 e. The third kappa shape index (κ3) is 3.66. The van der Waals surface area contributed by atoms with Crippen molar-refractivity contribution in [2.24, 2.45) is 5.92 Å². The highest BCUT2D eigenvalue weighted by Crippen LogP contribution is 2.09. The van der Waals surface area contributed by atoms with Crippen molar-refractivity contribution in [3.8, 4) is 5.69 Å². The van der Waals surface area contributed by atoms with Crippen molar-refractivity contribution in [1.82, 2.24) is 15.1 Å². The number of hydrogen-bond acceptors (Lipinski definition) is 3. The van der Waals surface area contributed by atoms with Crippen LogP contribution in [0.15, 0.2) is 36.5 Å². The maximum Gasteiger partial charge on any atom is 0.272 e. The smallest absolute Gasteiger partial charge is 0.272 e. The van der Waals surface area contributed by atoms with Crippen LogP contribution < -0.4 is 5.32 Å². The SMILES string of the molecule is CC(CO)C(C)NC(=O)c1ccn(-c2ccc(F)cc2)n1. The zero-order valence-electron chi connectivity index (χ0n) is 12.0. The van der Waals surface area contributed by atoms with E-state index in [1.165, 1.54) is 16.8 Å². The zero-order chi connectivity index (χ0) is 15.4. The maximum atomic E-state index is 12.9. The van der Waals surface area contributed by atoms with Gasteiger partial charge in [0.05, 0.1) is 5.69 Å². The van der Waals surface area contributed by atoms with E-state index in [4.69, 9.17) is 5.11 Å². The molecule has 0 bridgehead atoms. The monoisotopic (exact) mass is 291 g/mol. The number of nitrogens with one attached hydrogen (secondary N) is 1. The molecule has 1 aromatic heterocycles. The first-order chi connectivity index (χ1) is 10.0. The van der Waals surface area contributed by atoms with Gasteiger partial charge >= 0.3 is 0 Å². The molecule has 6 heteroatoms. The molecule has 1 aromatic carbocycles. The van der Waals surface area contributed by atoms with Crippen LogP contribution in [-0.4, -0.2) is 33.4 Å². The number of amides is 1. The highest BCUT2D eigenvalue weighted by atomic mass is 19.1. The second-order valence-electron chi connectivity index (χ2n) is 5.04. The molecule has 112 valence electrons. The van der Waals surface area contributed by atoms with E-state index in [-0.39, 0.29) is 36.0 Å². The summed E-state index contributed by atoms with van der Waals surface area (Å²) in [7, 11) is 0. The van der Waals surface area contributed by atoms with Crippen LogP contribution in [0.1, 0.15) is 24.3 Å². The van der Waals surface area contributed by atoms with Crippen LogP contribution in [0.5, 0.6) is 0 Å². The molecule has 5 nitrogen and oxygen atoms in total. The summed E-state index contributed by atoms with van der Waals surface area (Å²) in [5.41, 5.74) is 0.948. The molecule has 0 saturated heterocycles. The van der Waals surface area contributed by atoms with Crippen molar-refractivity contribution < 1.29 is 14.3 Å². The predicted octanol–water partition coefficient (Wildman–Crippen LogP) is 1.76. The third-order valence-electron chi connectivity index (χ3n) is 3.41. The number of hydrogen-bond donors (Lipinski definition) is 2. The molecule has 2 aromatic rings. The van der Waals surface area contributed by atoms with Crippen LogP contribution in [0, 0.1) is 11.7 Å². The molecule has 0 radical (unpaired) electrons. The number of aromatic nitrogens is 2. The first kappa shape index (κ1) is 15.2. The molecule has 0 fully saturated rings. The zero-order valence-corrected chi connectivity index (χ0v) is 12.0. The molecular formula is C15H18FN3O2. The van der Waals surface area contributed by atoms with Gasteiger partial charge in [0.1, 0.15) is 5.82 Å². The topological polar surface area (TPSA) is 67.2 Å². The molecule has 21 heavy (non-hydrogen) atoms. The van der Waals surface area contributed by atoms with Gasteiger partial charge in [-0.05, 0) is 43.2 Å². The Bertz CT molecular complexity index is 610. The van der Waals surface area contributed by atoms with E-state index in [1.807, 2.05) is 13.8 Å². The van der Waals surface area contributed by atoms with Crippen molar-refractivity contribution in [2.75, 3.05) is 6.61 Å². The van der Waals surface area contributed by atoms with Gasteiger partial charge in [0.2, 0.25) is 0 Å². The molecule has 0 aliphatic carbocycles. The van der Waals surface area contributed by atoms with Crippen molar-refractivity contribution in [3.05, 3.63) is 48.0 Å². The van der Waals surface area contributed by atoms with Crippen molar-refractivity contribution in [2.45, 2.75) is 19.9 Å². The molecule has 0 saturated carbocycles. The minimum absolute atomic E-state index is 0.00542. The first-order valence-corrected chi connectivity index (χ1v) is 6.74. The standard InChI is InChI=1S/C15H18FN3O2/c1-10(9-20)11(2)17-15(21)14-7-8-19(18-14)13-5-3-12(16)4-6-13/h3-8,10-11,20H,9H2,1-2H3,(H,17,21). The maximum absolute atomic E-state index is 12.9. The third-order valence-corrected chi connectivity index (χ3v) is 3.41. The van der Waals surface area contributed by atoms with Crippen molar-refractivity contribution in [1.29, 1.82) is 0 Å². The van der Waals surface area contributed by atoms with Gasteiger partial charge in [0.15, 0.2) is 5.69 Å². The summed E-state index contributed by atoms with van der Waals surface area (Å²) in [5, 5.41) is 16.0. The van der Waals surface area contributed by atoms with Crippen molar-refractivity contribution in [3.63, 3.8) is 0 Å². The number of nitrogens with zero attached hydrogens (tertiary/aromatic N) is 2. The van der Waals surface area contributed by atoms with E-state index in [0.717, 1.165) is 0 Å².